The largest absolute Gasteiger partial charge is 0.334 e. The summed E-state index contributed by atoms with van der Waals surface area (Å²) in [6.45, 7) is 1.94. The minimum atomic E-state index is -0.693. The Morgan fingerprint density at radius 3 is 2.70 bits per heavy atom. The molecular formula is C12H11Cl2FN4O. The molecule has 0 radical (unpaired) electrons. The van der Waals surface area contributed by atoms with E-state index in [4.69, 9.17) is 23.2 Å². The first kappa shape index (κ1) is 14.7. The third kappa shape index (κ3) is 3.08. The summed E-state index contributed by atoms with van der Waals surface area (Å²) >= 11 is 11.5. The normalized spacial score (nSPS) is 10.7. The lowest BCUT2D eigenvalue weighted by molar-refractivity contribution is 0.0781. The predicted octanol–water partition coefficient (Wildman–Crippen LogP) is 2.83. The van der Waals surface area contributed by atoms with Crippen molar-refractivity contribution >= 4 is 29.1 Å². The maximum atomic E-state index is 13.4. The van der Waals surface area contributed by atoms with Crippen LogP contribution in [-0.4, -0.2) is 33.0 Å². The van der Waals surface area contributed by atoms with Gasteiger partial charge in [-0.25, -0.2) is 9.37 Å². The highest BCUT2D eigenvalue weighted by Crippen LogP contribution is 2.25. The summed E-state index contributed by atoms with van der Waals surface area (Å²) in [5, 5.41) is 6.58. The van der Waals surface area contributed by atoms with Gasteiger partial charge in [-0.1, -0.05) is 23.2 Å². The van der Waals surface area contributed by atoms with Gasteiger partial charge in [-0.15, -0.1) is 0 Å². The molecule has 2 aromatic rings. The van der Waals surface area contributed by atoms with E-state index in [1.165, 1.54) is 11.0 Å². The van der Waals surface area contributed by atoms with Crippen molar-refractivity contribution in [3.05, 3.63) is 45.2 Å². The SMILES string of the molecule is Cc1nc(CN(C)C(=O)c2cc(F)c(Cl)cc2Cl)n[nH]1. The fourth-order valence-electron chi connectivity index (χ4n) is 1.64. The maximum absolute atomic E-state index is 13.4. The number of hydrogen-bond acceptors (Lipinski definition) is 3. The van der Waals surface area contributed by atoms with Crippen molar-refractivity contribution in [2.45, 2.75) is 13.5 Å². The molecule has 20 heavy (non-hydrogen) atoms. The van der Waals surface area contributed by atoms with Gasteiger partial charge in [-0.2, -0.15) is 5.10 Å². The molecule has 0 fully saturated rings. The molecule has 0 saturated heterocycles. The second kappa shape index (κ2) is 5.76. The number of aromatic amines is 1. The summed E-state index contributed by atoms with van der Waals surface area (Å²) in [6, 6.07) is 2.23. The van der Waals surface area contributed by atoms with Crippen LogP contribution in [0.5, 0.6) is 0 Å². The van der Waals surface area contributed by atoms with Crippen LogP contribution >= 0.6 is 23.2 Å². The summed E-state index contributed by atoms with van der Waals surface area (Å²) in [7, 11) is 1.55. The first-order valence-corrected chi connectivity index (χ1v) is 6.42. The number of nitrogens with zero attached hydrogens (tertiary/aromatic N) is 3. The molecule has 2 rings (SSSR count). The molecule has 1 heterocycles. The fourth-order valence-corrected chi connectivity index (χ4v) is 2.10. The lowest BCUT2D eigenvalue weighted by atomic mass is 10.2. The molecule has 0 saturated carbocycles. The second-order valence-corrected chi connectivity index (χ2v) is 5.06. The number of nitrogens with one attached hydrogen (secondary N) is 1. The summed E-state index contributed by atoms with van der Waals surface area (Å²) < 4.78 is 13.4. The van der Waals surface area contributed by atoms with E-state index >= 15 is 0 Å². The number of carbonyl (C=O) groups is 1. The Labute approximate surface area is 124 Å². The molecule has 106 valence electrons. The van der Waals surface area contributed by atoms with Gasteiger partial charge in [0.15, 0.2) is 5.82 Å². The van der Waals surface area contributed by atoms with Crippen LogP contribution in [0, 0.1) is 12.7 Å². The van der Waals surface area contributed by atoms with Crippen LogP contribution in [0.2, 0.25) is 10.0 Å². The third-order valence-corrected chi connectivity index (χ3v) is 3.21. The van der Waals surface area contributed by atoms with E-state index in [0.717, 1.165) is 6.07 Å². The first-order valence-electron chi connectivity index (χ1n) is 5.66. The summed E-state index contributed by atoms with van der Waals surface area (Å²) in [4.78, 5) is 17.6. The molecule has 0 atom stereocenters. The van der Waals surface area contributed by atoms with Crippen LogP contribution in [0.1, 0.15) is 22.0 Å². The number of H-pyrrole nitrogens is 1. The van der Waals surface area contributed by atoms with Crippen LogP contribution in [0.3, 0.4) is 0 Å². The highest BCUT2D eigenvalue weighted by molar-refractivity contribution is 6.36. The molecule has 1 aromatic heterocycles. The number of aromatic nitrogens is 3. The smallest absolute Gasteiger partial charge is 0.255 e. The molecule has 0 aliphatic carbocycles. The van der Waals surface area contributed by atoms with E-state index in [1.54, 1.807) is 14.0 Å². The Kier molecular flexibility index (Phi) is 4.25. The molecule has 8 heteroatoms. The van der Waals surface area contributed by atoms with Crippen molar-refractivity contribution in [1.82, 2.24) is 20.1 Å². The van der Waals surface area contributed by atoms with Gasteiger partial charge in [0.1, 0.15) is 11.6 Å². The molecule has 0 aliphatic rings. The van der Waals surface area contributed by atoms with Crippen molar-refractivity contribution in [2.75, 3.05) is 7.05 Å². The highest BCUT2D eigenvalue weighted by Gasteiger charge is 2.19. The molecule has 0 aliphatic heterocycles. The maximum Gasteiger partial charge on any atom is 0.255 e. The van der Waals surface area contributed by atoms with Gasteiger partial charge in [-0.05, 0) is 19.1 Å². The van der Waals surface area contributed by atoms with Gasteiger partial charge >= 0.3 is 0 Å². The molecule has 5 nitrogen and oxygen atoms in total. The highest BCUT2D eigenvalue weighted by atomic mass is 35.5. The summed E-state index contributed by atoms with van der Waals surface area (Å²) in [5.74, 6) is -0.0186. The van der Waals surface area contributed by atoms with Gasteiger partial charge in [0.05, 0.1) is 22.2 Å². The molecule has 1 N–H and O–H groups in total. The summed E-state index contributed by atoms with van der Waals surface area (Å²) in [6.07, 6.45) is 0. The quantitative estimate of drug-likeness (QED) is 0.886. The standard InChI is InChI=1S/C12H11Cl2FN4O/c1-6-16-11(18-17-6)5-19(2)12(20)7-3-10(15)9(14)4-8(7)13/h3-4H,5H2,1-2H3,(H,16,17,18). The Bertz CT molecular complexity index is 659. The Hall–Kier alpha value is -1.66. The van der Waals surface area contributed by atoms with Crippen molar-refractivity contribution in [2.24, 2.45) is 0 Å². The molecule has 0 unspecified atom stereocenters. The monoisotopic (exact) mass is 316 g/mol. The van der Waals surface area contributed by atoms with Crippen molar-refractivity contribution < 1.29 is 9.18 Å². The van der Waals surface area contributed by atoms with E-state index in [2.05, 4.69) is 15.2 Å². The predicted molar refractivity (Wildman–Crippen MR) is 73.3 cm³/mol. The average Bonchev–Trinajstić information content (AvgIpc) is 2.78. The van der Waals surface area contributed by atoms with Crippen LogP contribution in [0.15, 0.2) is 12.1 Å². The molecule has 0 bridgehead atoms. The van der Waals surface area contributed by atoms with Gasteiger partial charge in [-0.3, -0.25) is 9.89 Å². The zero-order chi connectivity index (χ0) is 14.9. The summed E-state index contributed by atoms with van der Waals surface area (Å²) in [5.41, 5.74) is 0.0447. The van der Waals surface area contributed by atoms with Crippen molar-refractivity contribution in [3.8, 4) is 0 Å². The number of carbonyl (C=O) groups excluding carboxylic acids is 1. The van der Waals surface area contributed by atoms with Gasteiger partial charge in [0, 0.05) is 7.05 Å². The zero-order valence-electron chi connectivity index (χ0n) is 10.7. The van der Waals surface area contributed by atoms with Crippen molar-refractivity contribution in [1.29, 1.82) is 0 Å². The molecular weight excluding hydrogens is 306 g/mol. The number of benzene rings is 1. The third-order valence-electron chi connectivity index (χ3n) is 2.61. The second-order valence-electron chi connectivity index (χ2n) is 4.24. The Balaban J connectivity index is 2.20. The molecule has 1 amide bonds. The van der Waals surface area contributed by atoms with Crippen LogP contribution in [0.25, 0.3) is 0 Å². The topological polar surface area (TPSA) is 61.9 Å². The van der Waals surface area contributed by atoms with Gasteiger partial charge in [0.2, 0.25) is 0 Å². The first-order chi connectivity index (χ1) is 9.38. The van der Waals surface area contributed by atoms with E-state index in [0.29, 0.717) is 11.6 Å². The Morgan fingerprint density at radius 2 is 2.10 bits per heavy atom. The molecule has 1 aromatic carbocycles. The van der Waals surface area contributed by atoms with E-state index in [1.807, 2.05) is 0 Å². The van der Waals surface area contributed by atoms with Gasteiger partial charge in [0.25, 0.3) is 5.91 Å². The molecule has 0 spiro atoms. The van der Waals surface area contributed by atoms with Crippen LogP contribution < -0.4 is 0 Å². The number of amides is 1. The fraction of sp³-hybridized carbons (Fsp3) is 0.250. The minimum Gasteiger partial charge on any atom is -0.334 e. The van der Waals surface area contributed by atoms with Crippen molar-refractivity contribution in [3.63, 3.8) is 0 Å². The Morgan fingerprint density at radius 1 is 1.40 bits per heavy atom. The van der Waals surface area contributed by atoms with Crippen LogP contribution in [-0.2, 0) is 6.54 Å². The number of hydrogen-bond donors (Lipinski definition) is 1. The number of rotatable bonds is 3. The lowest BCUT2D eigenvalue weighted by Crippen LogP contribution is -2.27. The number of halogens is 3. The van der Waals surface area contributed by atoms with Gasteiger partial charge < -0.3 is 4.90 Å². The average molecular weight is 317 g/mol. The number of aryl methyl sites for hydroxylation is 1. The van der Waals surface area contributed by atoms with E-state index in [-0.39, 0.29) is 22.2 Å². The minimum absolute atomic E-state index is 0.0447. The lowest BCUT2D eigenvalue weighted by Gasteiger charge is -2.16. The van der Waals surface area contributed by atoms with E-state index in [9.17, 15) is 9.18 Å². The zero-order valence-corrected chi connectivity index (χ0v) is 12.3. The van der Waals surface area contributed by atoms with Crippen LogP contribution in [0.4, 0.5) is 4.39 Å². The van der Waals surface area contributed by atoms with E-state index < -0.39 is 11.7 Å².